The van der Waals surface area contributed by atoms with E-state index in [1.807, 2.05) is 11.8 Å². The lowest BCUT2D eigenvalue weighted by molar-refractivity contribution is -0.149. The van der Waals surface area contributed by atoms with Crippen molar-refractivity contribution in [3.8, 4) is 0 Å². The molecule has 2 aliphatic heterocycles. The van der Waals surface area contributed by atoms with E-state index in [4.69, 9.17) is 15.2 Å². The standard InChI is InChI=1S/C15H28N2O3/c1-11-5-3-7-17(14(11)9-16)15(18)12(2)20-10-13-6-4-8-19-13/h11-14H,3-10,16H2,1-2H3. The third-order valence-corrected chi connectivity index (χ3v) is 4.54. The average Bonchev–Trinajstić information content (AvgIpc) is 2.97. The van der Waals surface area contributed by atoms with Gasteiger partial charge in [-0.3, -0.25) is 4.79 Å². The number of nitrogens with two attached hydrogens (primary N) is 1. The van der Waals surface area contributed by atoms with Gasteiger partial charge in [0.25, 0.3) is 5.91 Å². The molecular weight excluding hydrogens is 256 g/mol. The summed E-state index contributed by atoms with van der Waals surface area (Å²) in [5.41, 5.74) is 5.84. The number of likely N-dealkylation sites (tertiary alicyclic amines) is 1. The molecule has 20 heavy (non-hydrogen) atoms. The molecule has 0 bridgehead atoms. The average molecular weight is 284 g/mol. The van der Waals surface area contributed by atoms with Crippen LogP contribution in [0.25, 0.3) is 0 Å². The van der Waals surface area contributed by atoms with Crippen LogP contribution in [0.1, 0.15) is 39.5 Å². The Labute approximate surface area is 121 Å². The van der Waals surface area contributed by atoms with Crippen LogP contribution in [0.5, 0.6) is 0 Å². The molecule has 0 aromatic rings. The Hall–Kier alpha value is -0.650. The SMILES string of the molecule is CC(OCC1CCCO1)C(=O)N1CCCC(C)C1CN. The number of carbonyl (C=O) groups is 1. The highest BCUT2D eigenvalue weighted by Gasteiger charge is 2.33. The van der Waals surface area contributed by atoms with E-state index >= 15 is 0 Å². The van der Waals surface area contributed by atoms with Crippen LogP contribution in [0.4, 0.5) is 0 Å². The van der Waals surface area contributed by atoms with Gasteiger partial charge in [-0.15, -0.1) is 0 Å². The smallest absolute Gasteiger partial charge is 0.251 e. The van der Waals surface area contributed by atoms with Crippen LogP contribution in [0.15, 0.2) is 0 Å². The van der Waals surface area contributed by atoms with Crippen LogP contribution in [-0.2, 0) is 14.3 Å². The van der Waals surface area contributed by atoms with E-state index < -0.39 is 6.10 Å². The van der Waals surface area contributed by atoms with E-state index in [1.165, 1.54) is 0 Å². The van der Waals surface area contributed by atoms with E-state index in [0.29, 0.717) is 19.1 Å². The highest BCUT2D eigenvalue weighted by molar-refractivity contribution is 5.81. The fourth-order valence-corrected chi connectivity index (χ4v) is 3.21. The molecule has 2 N–H and O–H groups in total. The Morgan fingerprint density at radius 3 is 2.90 bits per heavy atom. The number of ether oxygens (including phenoxy) is 2. The van der Waals surface area contributed by atoms with Gasteiger partial charge in [0.2, 0.25) is 0 Å². The molecule has 2 heterocycles. The minimum Gasteiger partial charge on any atom is -0.376 e. The van der Waals surface area contributed by atoms with Crippen LogP contribution in [0.3, 0.4) is 0 Å². The van der Waals surface area contributed by atoms with Crippen LogP contribution < -0.4 is 5.73 Å². The predicted molar refractivity (Wildman–Crippen MR) is 77.3 cm³/mol. The number of hydrogen-bond acceptors (Lipinski definition) is 4. The van der Waals surface area contributed by atoms with Crippen molar-refractivity contribution in [3.63, 3.8) is 0 Å². The first-order valence-corrected chi connectivity index (χ1v) is 7.87. The molecule has 5 nitrogen and oxygen atoms in total. The Morgan fingerprint density at radius 1 is 1.45 bits per heavy atom. The topological polar surface area (TPSA) is 64.8 Å². The Morgan fingerprint density at radius 2 is 2.25 bits per heavy atom. The number of carbonyl (C=O) groups excluding carboxylic acids is 1. The molecule has 2 saturated heterocycles. The fourth-order valence-electron chi connectivity index (χ4n) is 3.21. The van der Waals surface area contributed by atoms with Crippen LogP contribution in [-0.4, -0.2) is 55.4 Å². The first kappa shape index (κ1) is 15.7. The van der Waals surface area contributed by atoms with Gasteiger partial charge < -0.3 is 20.1 Å². The van der Waals surface area contributed by atoms with Crippen LogP contribution >= 0.6 is 0 Å². The van der Waals surface area contributed by atoms with Crippen molar-refractivity contribution in [1.82, 2.24) is 4.90 Å². The quantitative estimate of drug-likeness (QED) is 0.822. The van der Waals surface area contributed by atoms with E-state index in [-0.39, 0.29) is 18.1 Å². The Bertz CT molecular complexity index is 318. The highest BCUT2D eigenvalue weighted by atomic mass is 16.5. The highest BCUT2D eigenvalue weighted by Crippen LogP contribution is 2.23. The molecule has 4 atom stereocenters. The molecule has 0 radical (unpaired) electrons. The minimum absolute atomic E-state index is 0.0741. The largest absolute Gasteiger partial charge is 0.376 e. The van der Waals surface area contributed by atoms with Gasteiger partial charge in [-0.2, -0.15) is 0 Å². The van der Waals surface area contributed by atoms with Crippen molar-refractivity contribution in [2.45, 2.75) is 57.8 Å². The van der Waals surface area contributed by atoms with Gasteiger partial charge in [-0.1, -0.05) is 6.92 Å². The first-order valence-electron chi connectivity index (χ1n) is 7.87. The van der Waals surface area contributed by atoms with Crippen molar-refractivity contribution in [2.75, 3.05) is 26.3 Å². The molecule has 5 heteroatoms. The first-order chi connectivity index (χ1) is 9.63. The number of hydrogen-bond donors (Lipinski definition) is 1. The van der Waals surface area contributed by atoms with E-state index in [2.05, 4.69) is 6.92 Å². The predicted octanol–water partition coefficient (Wildman–Crippen LogP) is 1.16. The maximum absolute atomic E-state index is 12.5. The maximum Gasteiger partial charge on any atom is 0.251 e. The molecule has 0 aliphatic carbocycles. The summed E-state index contributed by atoms with van der Waals surface area (Å²) < 4.78 is 11.2. The minimum atomic E-state index is -0.404. The zero-order valence-electron chi connectivity index (χ0n) is 12.7. The number of nitrogens with zero attached hydrogens (tertiary/aromatic N) is 1. The van der Waals surface area contributed by atoms with Crippen molar-refractivity contribution < 1.29 is 14.3 Å². The molecule has 0 saturated carbocycles. The zero-order chi connectivity index (χ0) is 14.5. The second kappa shape index (κ2) is 7.38. The Balaban J connectivity index is 1.84. The van der Waals surface area contributed by atoms with Gasteiger partial charge in [0.05, 0.1) is 12.7 Å². The zero-order valence-corrected chi connectivity index (χ0v) is 12.7. The molecule has 0 spiro atoms. The molecule has 2 fully saturated rings. The second-order valence-electron chi connectivity index (χ2n) is 6.06. The summed E-state index contributed by atoms with van der Waals surface area (Å²) in [6, 6.07) is 0.157. The summed E-state index contributed by atoms with van der Waals surface area (Å²) in [5.74, 6) is 0.549. The third kappa shape index (κ3) is 3.71. The summed E-state index contributed by atoms with van der Waals surface area (Å²) in [6.07, 6.45) is 4.09. The van der Waals surface area contributed by atoms with Crippen molar-refractivity contribution >= 4 is 5.91 Å². The number of piperidine rings is 1. The van der Waals surface area contributed by atoms with Gasteiger partial charge in [0.15, 0.2) is 0 Å². The van der Waals surface area contributed by atoms with Crippen LogP contribution in [0.2, 0.25) is 0 Å². The van der Waals surface area contributed by atoms with Crippen molar-refractivity contribution in [3.05, 3.63) is 0 Å². The van der Waals surface area contributed by atoms with Gasteiger partial charge in [0.1, 0.15) is 6.10 Å². The van der Waals surface area contributed by atoms with E-state index in [1.54, 1.807) is 0 Å². The third-order valence-electron chi connectivity index (χ3n) is 4.54. The molecule has 0 aromatic heterocycles. The molecule has 0 aromatic carbocycles. The number of rotatable bonds is 5. The van der Waals surface area contributed by atoms with Crippen molar-refractivity contribution in [1.29, 1.82) is 0 Å². The summed E-state index contributed by atoms with van der Waals surface area (Å²) in [4.78, 5) is 14.4. The summed E-state index contributed by atoms with van der Waals surface area (Å²) in [6.45, 7) is 6.68. The maximum atomic E-state index is 12.5. The monoisotopic (exact) mass is 284 g/mol. The van der Waals surface area contributed by atoms with E-state index in [9.17, 15) is 4.79 Å². The lowest BCUT2D eigenvalue weighted by atomic mass is 9.90. The van der Waals surface area contributed by atoms with E-state index in [0.717, 1.165) is 38.8 Å². The van der Waals surface area contributed by atoms with Gasteiger partial charge in [-0.25, -0.2) is 0 Å². The van der Waals surface area contributed by atoms with Gasteiger partial charge >= 0.3 is 0 Å². The lowest BCUT2D eigenvalue weighted by Gasteiger charge is -2.40. The number of amides is 1. The van der Waals surface area contributed by atoms with Gasteiger partial charge in [0, 0.05) is 25.7 Å². The molecule has 2 rings (SSSR count). The Kier molecular flexibility index (Phi) is 5.81. The van der Waals surface area contributed by atoms with Crippen molar-refractivity contribution in [2.24, 2.45) is 11.7 Å². The van der Waals surface area contributed by atoms with Gasteiger partial charge in [-0.05, 0) is 38.5 Å². The summed E-state index contributed by atoms with van der Waals surface area (Å²) in [7, 11) is 0. The summed E-state index contributed by atoms with van der Waals surface area (Å²) in [5, 5.41) is 0. The lowest BCUT2D eigenvalue weighted by Crippen LogP contribution is -2.54. The normalized spacial score (nSPS) is 32.4. The molecule has 1 amide bonds. The molecular formula is C15H28N2O3. The molecule has 116 valence electrons. The fraction of sp³-hybridized carbons (Fsp3) is 0.933. The molecule has 4 unspecified atom stereocenters. The summed E-state index contributed by atoms with van der Waals surface area (Å²) >= 11 is 0. The van der Waals surface area contributed by atoms with Crippen LogP contribution in [0, 0.1) is 5.92 Å². The molecule has 2 aliphatic rings. The second-order valence-corrected chi connectivity index (χ2v) is 6.06.